The number of ether oxygens (including phenoxy) is 2. The molecule has 0 saturated carbocycles. The molecule has 0 aromatic heterocycles. The van der Waals surface area contributed by atoms with Crippen LogP contribution >= 0.6 is 0 Å². The molecule has 1 unspecified atom stereocenters. The van der Waals surface area contributed by atoms with Crippen molar-refractivity contribution in [1.29, 1.82) is 0 Å². The Hall–Kier alpha value is -0.830. The molecule has 1 fully saturated rings. The monoisotopic (exact) mass is 198 g/mol. The maximum Gasteiger partial charge on any atom is 0.333 e. The zero-order valence-corrected chi connectivity index (χ0v) is 9.35. The van der Waals surface area contributed by atoms with Crippen molar-refractivity contribution in [3.05, 3.63) is 12.2 Å². The Morgan fingerprint density at radius 2 is 2.07 bits per heavy atom. The number of hydrogen-bond acceptors (Lipinski definition) is 3. The molecule has 1 rings (SSSR count). The van der Waals surface area contributed by atoms with Crippen molar-refractivity contribution in [2.45, 2.75) is 33.3 Å². The van der Waals surface area contributed by atoms with Gasteiger partial charge in [0.1, 0.15) is 12.2 Å². The SMILES string of the molecule is C=C(C)C(=O)OCC1(C(C)(C)C)CO1. The molecule has 1 heterocycles. The molecule has 0 radical (unpaired) electrons. The van der Waals surface area contributed by atoms with Gasteiger partial charge in [0.2, 0.25) is 0 Å². The van der Waals surface area contributed by atoms with Crippen molar-refractivity contribution in [2.75, 3.05) is 13.2 Å². The Labute approximate surface area is 85.1 Å². The third-order valence-corrected chi connectivity index (χ3v) is 2.64. The lowest BCUT2D eigenvalue weighted by Crippen LogP contribution is -2.36. The molecule has 0 bridgehead atoms. The van der Waals surface area contributed by atoms with E-state index in [9.17, 15) is 4.79 Å². The standard InChI is InChI=1S/C11H18O3/c1-8(2)9(12)13-6-11(7-14-11)10(3,4)5/h1,6-7H2,2-5H3. The number of epoxide rings is 1. The lowest BCUT2D eigenvalue weighted by Gasteiger charge is -2.26. The molecule has 0 N–H and O–H groups in total. The van der Waals surface area contributed by atoms with E-state index in [0.29, 0.717) is 18.8 Å². The fourth-order valence-corrected chi connectivity index (χ4v) is 1.13. The summed E-state index contributed by atoms with van der Waals surface area (Å²) >= 11 is 0. The minimum absolute atomic E-state index is 0.00234. The van der Waals surface area contributed by atoms with E-state index in [4.69, 9.17) is 9.47 Å². The molecule has 1 saturated heterocycles. The minimum atomic E-state index is -0.343. The maximum atomic E-state index is 11.2. The summed E-state index contributed by atoms with van der Waals surface area (Å²) in [4.78, 5) is 11.2. The fourth-order valence-electron chi connectivity index (χ4n) is 1.13. The Morgan fingerprint density at radius 1 is 1.57 bits per heavy atom. The van der Waals surface area contributed by atoms with Crippen LogP contribution in [0.25, 0.3) is 0 Å². The summed E-state index contributed by atoms with van der Waals surface area (Å²) in [5, 5.41) is 0. The average Bonchev–Trinajstić information content (AvgIpc) is 2.78. The average molecular weight is 198 g/mol. The number of rotatable bonds is 3. The van der Waals surface area contributed by atoms with E-state index < -0.39 is 0 Å². The lowest BCUT2D eigenvalue weighted by molar-refractivity contribution is -0.142. The molecule has 14 heavy (non-hydrogen) atoms. The second-order valence-corrected chi connectivity index (χ2v) is 4.89. The summed E-state index contributed by atoms with van der Waals surface area (Å²) in [5.41, 5.74) is 0.148. The van der Waals surface area contributed by atoms with Crippen LogP contribution in [0.5, 0.6) is 0 Å². The Balaban J connectivity index is 2.47. The van der Waals surface area contributed by atoms with E-state index in [-0.39, 0.29) is 17.0 Å². The maximum absolute atomic E-state index is 11.2. The van der Waals surface area contributed by atoms with E-state index in [2.05, 4.69) is 27.4 Å². The molecule has 1 aliphatic rings. The van der Waals surface area contributed by atoms with Crippen LogP contribution in [0, 0.1) is 5.41 Å². The Morgan fingerprint density at radius 3 is 2.36 bits per heavy atom. The molecule has 0 aliphatic carbocycles. The van der Waals surface area contributed by atoms with Crippen LogP contribution in [-0.2, 0) is 14.3 Å². The zero-order chi connectivity index (χ0) is 11.0. The van der Waals surface area contributed by atoms with Crippen molar-refractivity contribution < 1.29 is 14.3 Å². The molecular formula is C11H18O3. The van der Waals surface area contributed by atoms with E-state index in [1.165, 1.54) is 0 Å². The van der Waals surface area contributed by atoms with E-state index in [1.54, 1.807) is 6.92 Å². The van der Waals surface area contributed by atoms with Crippen LogP contribution in [0.3, 0.4) is 0 Å². The van der Waals surface area contributed by atoms with Gasteiger partial charge in [-0.25, -0.2) is 4.79 Å². The van der Waals surface area contributed by atoms with Gasteiger partial charge in [0.15, 0.2) is 0 Å². The van der Waals surface area contributed by atoms with Crippen molar-refractivity contribution in [3.8, 4) is 0 Å². The van der Waals surface area contributed by atoms with Crippen LogP contribution < -0.4 is 0 Å². The van der Waals surface area contributed by atoms with Crippen molar-refractivity contribution >= 4 is 5.97 Å². The van der Waals surface area contributed by atoms with Crippen LogP contribution in [0.4, 0.5) is 0 Å². The highest BCUT2D eigenvalue weighted by atomic mass is 16.6. The third-order valence-electron chi connectivity index (χ3n) is 2.64. The highest BCUT2D eigenvalue weighted by Crippen LogP contribution is 2.44. The zero-order valence-electron chi connectivity index (χ0n) is 9.35. The van der Waals surface area contributed by atoms with Crippen molar-refractivity contribution in [2.24, 2.45) is 5.41 Å². The molecule has 0 spiro atoms. The van der Waals surface area contributed by atoms with Crippen molar-refractivity contribution in [1.82, 2.24) is 0 Å². The van der Waals surface area contributed by atoms with E-state index in [1.807, 2.05) is 0 Å². The molecule has 0 aromatic carbocycles. The number of esters is 1. The number of hydrogen-bond donors (Lipinski definition) is 0. The summed E-state index contributed by atoms with van der Waals surface area (Å²) in [6.07, 6.45) is 0. The Bertz CT molecular complexity index is 256. The van der Waals surface area contributed by atoms with Gasteiger partial charge in [-0.2, -0.15) is 0 Å². The molecule has 0 aromatic rings. The van der Waals surface area contributed by atoms with Crippen LogP contribution in [0.15, 0.2) is 12.2 Å². The Kier molecular flexibility index (Phi) is 2.72. The van der Waals surface area contributed by atoms with Gasteiger partial charge < -0.3 is 9.47 Å². The van der Waals surface area contributed by atoms with Gasteiger partial charge in [-0.05, 0) is 12.3 Å². The smallest absolute Gasteiger partial charge is 0.333 e. The van der Waals surface area contributed by atoms with E-state index >= 15 is 0 Å². The lowest BCUT2D eigenvalue weighted by atomic mass is 9.81. The van der Waals surface area contributed by atoms with Crippen molar-refractivity contribution in [3.63, 3.8) is 0 Å². The summed E-state index contributed by atoms with van der Waals surface area (Å²) in [5.74, 6) is -0.343. The molecule has 80 valence electrons. The molecule has 3 nitrogen and oxygen atoms in total. The van der Waals surface area contributed by atoms with Crippen LogP contribution in [-0.4, -0.2) is 24.8 Å². The molecule has 0 amide bonds. The van der Waals surface area contributed by atoms with Gasteiger partial charge in [-0.1, -0.05) is 27.4 Å². The fraction of sp³-hybridized carbons (Fsp3) is 0.727. The van der Waals surface area contributed by atoms with Crippen LogP contribution in [0.2, 0.25) is 0 Å². The highest BCUT2D eigenvalue weighted by molar-refractivity contribution is 5.86. The second-order valence-electron chi connectivity index (χ2n) is 4.89. The highest BCUT2D eigenvalue weighted by Gasteiger charge is 2.55. The summed E-state index contributed by atoms with van der Waals surface area (Å²) < 4.78 is 10.5. The van der Waals surface area contributed by atoms with Gasteiger partial charge in [0, 0.05) is 5.57 Å². The second kappa shape index (κ2) is 3.39. The quantitative estimate of drug-likeness (QED) is 0.395. The van der Waals surface area contributed by atoms with E-state index in [0.717, 1.165) is 0 Å². The summed E-state index contributed by atoms with van der Waals surface area (Å²) in [6, 6.07) is 0. The summed E-state index contributed by atoms with van der Waals surface area (Å²) in [7, 11) is 0. The predicted molar refractivity (Wildman–Crippen MR) is 53.9 cm³/mol. The normalized spacial score (nSPS) is 25.7. The molecular weight excluding hydrogens is 180 g/mol. The first kappa shape index (κ1) is 11.2. The predicted octanol–water partition coefficient (Wildman–Crippen LogP) is 1.92. The molecule has 3 heteroatoms. The van der Waals surface area contributed by atoms with Crippen LogP contribution in [0.1, 0.15) is 27.7 Å². The minimum Gasteiger partial charge on any atom is -0.459 e. The van der Waals surface area contributed by atoms with Gasteiger partial charge in [-0.3, -0.25) is 0 Å². The van der Waals surface area contributed by atoms with Gasteiger partial charge in [-0.15, -0.1) is 0 Å². The first-order valence-corrected chi connectivity index (χ1v) is 4.75. The third kappa shape index (κ3) is 2.15. The topological polar surface area (TPSA) is 38.8 Å². The number of carbonyl (C=O) groups excluding carboxylic acids is 1. The number of carbonyl (C=O) groups is 1. The largest absolute Gasteiger partial charge is 0.459 e. The first-order valence-electron chi connectivity index (χ1n) is 4.75. The first-order chi connectivity index (χ1) is 6.28. The summed E-state index contributed by atoms with van der Waals surface area (Å²) in [6.45, 7) is 12.4. The van der Waals surface area contributed by atoms with Gasteiger partial charge in [0.05, 0.1) is 6.61 Å². The van der Waals surface area contributed by atoms with Gasteiger partial charge >= 0.3 is 5.97 Å². The molecule has 1 aliphatic heterocycles. The molecule has 1 atom stereocenters. The van der Waals surface area contributed by atoms with Gasteiger partial charge in [0.25, 0.3) is 0 Å².